The van der Waals surface area contributed by atoms with E-state index in [1.807, 2.05) is 0 Å². The maximum atomic E-state index is 10.2. The molecule has 0 aliphatic carbocycles. The van der Waals surface area contributed by atoms with Crippen LogP contribution in [0, 0.1) is 0 Å². The Labute approximate surface area is 66.0 Å². The second kappa shape index (κ2) is 6.99. The second-order valence-electron chi connectivity index (χ2n) is 2.00. The van der Waals surface area contributed by atoms with Crippen molar-refractivity contribution in [3.63, 3.8) is 0 Å². The van der Waals surface area contributed by atoms with Crippen LogP contribution in [0.25, 0.3) is 0 Å². The number of rotatable bonds is 5. The van der Waals surface area contributed by atoms with E-state index in [2.05, 4.69) is 4.74 Å². The quantitative estimate of drug-likeness (QED) is 0.338. The molecule has 0 aromatic carbocycles. The fraction of sp³-hybridized carbons (Fsp3) is 0.500. The monoisotopic (exact) mass is 155 g/mol. The van der Waals surface area contributed by atoms with E-state index in [4.69, 9.17) is 0 Å². The summed E-state index contributed by atoms with van der Waals surface area (Å²) in [6.45, 7) is 1.79. The van der Waals surface area contributed by atoms with Gasteiger partial charge >= 0.3 is 5.97 Å². The fourth-order valence-electron chi connectivity index (χ4n) is 0.549. The highest BCUT2D eigenvalue weighted by Crippen LogP contribution is 1.91. The maximum absolute atomic E-state index is 10.2. The summed E-state index contributed by atoms with van der Waals surface area (Å²) in [5, 5.41) is 0. The van der Waals surface area contributed by atoms with Gasteiger partial charge in [0.15, 0.2) is 0 Å². The van der Waals surface area contributed by atoms with Crippen molar-refractivity contribution in [1.82, 2.24) is 0 Å². The van der Waals surface area contributed by atoms with Crippen molar-refractivity contribution >= 4 is 12.3 Å². The molecular formula is C8H11O3. The molecule has 0 unspecified atom stereocenters. The van der Waals surface area contributed by atoms with Gasteiger partial charge < -0.3 is 4.74 Å². The first kappa shape index (κ1) is 9.88. The molecule has 61 valence electrons. The molecule has 0 spiro atoms. The first-order valence-corrected chi connectivity index (χ1v) is 3.43. The van der Waals surface area contributed by atoms with Gasteiger partial charge in [-0.25, -0.2) is 0 Å². The van der Waals surface area contributed by atoms with Crippen LogP contribution in [0.5, 0.6) is 0 Å². The Kier molecular flexibility index (Phi) is 6.28. The maximum Gasteiger partial charge on any atom is 0.302 e. The second-order valence-corrected chi connectivity index (χ2v) is 2.00. The molecule has 1 radical (unpaired) electrons. The summed E-state index contributed by atoms with van der Waals surface area (Å²) >= 11 is 0. The van der Waals surface area contributed by atoms with Gasteiger partial charge in [0, 0.05) is 6.92 Å². The van der Waals surface area contributed by atoms with Gasteiger partial charge in [-0.1, -0.05) is 6.08 Å². The van der Waals surface area contributed by atoms with E-state index in [9.17, 15) is 9.59 Å². The molecule has 0 N–H and O–H groups in total. The van der Waals surface area contributed by atoms with E-state index in [1.165, 1.54) is 13.0 Å². The molecule has 0 amide bonds. The highest BCUT2D eigenvalue weighted by Gasteiger charge is 1.89. The molecule has 0 aliphatic rings. The van der Waals surface area contributed by atoms with Crippen LogP contribution in [0.2, 0.25) is 0 Å². The third-order valence-electron chi connectivity index (χ3n) is 1.01. The van der Waals surface area contributed by atoms with Gasteiger partial charge in [-0.2, -0.15) is 0 Å². The third-order valence-corrected chi connectivity index (χ3v) is 1.01. The third kappa shape index (κ3) is 8.88. The minimum absolute atomic E-state index is 0.268. The number of carbonyl (C=O) groups excluding carboxylic acids is 2. The number of allylic oxidation sites excluding steroid dienone is 2. The molecule has 11 heavy (non-hydrogen) atoms. The van der Waals surface area contributed by atoms with Crippen molar-refractivity contribution in [2.75, 3.05) is 6.61 Å². The summed E-state index contributed by atoms with van der Waals surface area (Å²) in [6.07, 6.45) is 6.12. The summed E-state index contributed by atoms with van der Waals surface area (Å²) in [4.78, 5) is 19.9. The topological polar surface area (TPSA) is 43.4 Å². The van der Waals surface area contributed by atoms with Gasteiger partial charge in [0.1, 0.15) is 0 Å². The smallest absolute Gasteiger partial charge is 0.302 e. The van der Waals surface area contributed by atoms with Crippen molar-refractivity contribution in [2.45, 2.75) is 19.8 Å². The predicted octanol–water partition coefficient (Wildman–Crippen LogP) is 0.996. The largest absolute Gasteiger partial charge is 0.466 e. The van der Waals surface area contributed by atoms with Gasteiger partial charge in [-0.05, 0) is 18.9 Å². The standard InChI is InChI=1S/C8H11O3/c1-8(10)11-7-5-3-2-4-6-9/h2,4H,3,5,7H2,1H3. The van der Waals surface area contributed by atoms with Crippen LogP contribution in [0.4, 0.5) is 0 Å². The van der Waals surface area contributed by atoms with E-state index < -0.39 is 0 Å². The van der Waals surface area contributed by atoms with Crippen LogP contribution >= 0.6 is 0 Å². The van der Waals surface area contributed by atoms with Gasteiger partial charge in [0.05, 0.1) is 6.61 Å². The Morgan fingerprint density at radius 3 is 2.91 bits per heavy atom. The highest BCUT2D eigenvalue weighted by molar-refractivity contribution is 5.66. The summed E-state index contributed by atoms with van der Waals surface area (Å²) in [6, 6.07) is 0. The van der Waals surface area contributed by atoms with Crippen LogP contribution < -0.4 is 0 Å². The number of hydrogen-bond donors (Lipinski definition) is 0. The van der Waals surface area contributed by atoms with Crippen molar-refractivity contribution in [3.8, 4) is 0 Å². The number of esters is 1. The molecule has 3 nitrogen and oxygen atoms in total. The Bertz CT molecular complexity index is 149. The minimum atomic E-state index is -0.268. The van der Waals surface area contributed by atoms with Crippen LogP contribution in [0.15, 0.2) is 12.2 Å². The van der Waals surface area contributed by atoms with Crippen molar-refractivity contribution in [1.29, 1.82) is 0 Å². The summed E-state index contributed by atoms with van der Waals surface area (Å²) in [7, 11) is 0. The average molecular weight is 155 g/mol. The molecular weight excluding hydrogens is 144 g/mol. The Morgan fingerprint density at radius 2 is 2.36 bits per heavy atom. The molecule has 0 bridgehead atoms. The van der Waals surface area contributed by atoms with E-state index in [1.54, 1.807) is 12.4 Å². The normalized spacial score (nSPS) is 9.91. The first-order valence-electron chi connectivity index (χ1n) is 3.43. The van der Waals surface area contributed by atoms with E-state index in [0.29, 0.717) is 6.61 Å². The lowest BCUT2D eigenvalue weighted by molar-refractivity contribution is -0.141. The van der Waals surface area contributed by atoms with Gasteiger partial charge in [-0.3, -0.25) is 9.59 Å². The average Bonchev–Trinajstić information content (AvgIpc) is 1.96. The van der Waals surface area contributed by atoms with Crippen LogP contribution in [0.1, 0.15) is 19.8 Å². The van der Waals surface area contributed by atoms with E-state index in [-0.39, 0.29) is 5.97 Å². The summed E-state index contributed by atoms with van der Waals surface area (Å²) < 4.78 is 4.65. The molecule has 3 heteroatoms. The van der Waals surface area contributed by atoms with Gasteiger partial charge in [0.2, 0.25) is 6.29 Å². The molecule has 0 aliphatic heterocycles. The minimum Gasteiger partial charge on any atom is -0.466 e. The molecule has 0 rings (SSSR count). The lowest BCUT2D eigenvalue weighted by atomic mass is 10.3. The fourth-order valence-corrected chi connectivity index (χ4v) is 0.549. The Hall–Kier alpha value is -1.12. The number of carbonyl (C=O) groups is 1. The molecule has 0 saturated heterocycles. The molecule has 0 aromatic heterocycles. The SMILES string of the molecule is CC(=O)OCCCC=C[C]=O. The molecule has 0 saturated carbocycles. The first-order chi connectivity index (χ1) is 5.27. The summed E-state index contributed by atoms with van der Waals surface area (Å²) in [5.41, 5.74) is 0. The number of hydrogen-bond acceptors (Lipinski definition) is 3. The van der Waals surface area contributed by atoms with E-state index >= 15 is 0 Å². The lowest BCUT2D eigenvalue weighted by Crippen LogP contribution is -1.99. The van der Waals surface area contributed by atoms with Crippen LogP contribution in [0.3, 0.4) is 0 Å². The van der Waals surface area contributed by atoms with Crippen LogP contribution in [-0.4, -0.2) is 18.9 Å². The van der Waals surface area contributed by atoms with Crippen LogP contribution in [-0.2, 0) is 14.3 Å². The zero-order valence-corrected chi connectivity index (χ0v) is 6.50. The molecule has 0 aromatic rings. The zero-order chi connectivity index (χ0) is 8.53. The number of ether oxygens (including phenoxy) is 1. The van der Waals surface area contributed by atoms with E-state index in [0.717, 1.165) is 12.8 Å². The Morgan fingerprint density at radius 1 is 1.64 bits per heavy atom. The molecule has 0 atom stereocenters. The lowest BCUT2D eigenvalue weighted by Gasteiger charge is -1.97. The predicted molar refractivity (Wildman–Crippen MR) is 40.7 cm³/mol. The van der Waals surface area contributed by atoms with Crippen molar-refractivity contribution in [3.05, 3.63) is 12.2 Å². The summed E-state index contributed by atoms with van der Waals surface area (Å²) in [5.74, 6) is -0.268. The van der Waals surface area contributed by atoms with Crippen molar-refractivity contribution < 1.29 is 14.3 Å². The molecule has 0 fully saturated rings. The zero-order valence-electron chi connectivity index (χ0n) is 6.50. The van der Waals surface area contributed by atoms with Crippen molar-refractivity contribution in [2.24, 2.45) is 0 Å². The molecule has 0 heterocycles. The van der Waals surface area contributed by atoms with Gasteiger partial charge in [0.25, 0.3) is 0 Å². The Balaban J connectivity index is 3.08. The van der Waals surface area contributed by atoms with Gasteiger partial charge in [-0.15, -0.1) is 0 Å². The highest BCUT2D eigenvalue weighted by atomic mass is 16.5. The number of unbranched alkanes of at least 4 members (excludes halogenated alkanes) is 1.